The zero-order valence-electron chi connectivity index (χ0n) is 15.6. The predicted molar refractivity (Wildman–Crippen MR) is 109 cm³/mol. The number of rotatable bonds is 4. The van der Waals surface area contributed by atoms with Crippen molar-refractivity contribution in [2.45, 2.75) is 26.8 Å². The second-order valence-electron chi connectivity index (χ2n) is 6.91. The van der Waals surface area contributed by atoms with Crippen LogP contribution in [0.15, 0.2) is 42.5 Å². The fraction of sp³-hybridized carbons (Fsp3) is 0.381. The molecule has 3 rings (SSSR count). The maximum absolute atomic E-state index is 12.7. The number of piperazine rings is 1. The van der Waals surface area contributed by atoms with Crippen molar-refractivity contribution < 1.29 is 4.79 Å². The van der Waals surface area contributed by atoms with Gasteiger partial charge < -0.3 is 10.2 Å². The van der Waals surface area contributed by atoms with Gasteiger partial charge in [-0.1, -0.05) is 41.9 Å². The highest BCUT2D eigenvalue weighted by atomic mass is 35.5. The fourth-order valence-corrected chi connectivity index (χ4v) is 3.72. The number of amides is 1. The van der Waals surface area contributed by atoms with Crippen LogP contribution in [0, 0.1) is 13.8 Å². The van der Waals surface area contributed by atoms with Gasteiger partial charge in [-0.05, 0) is 44.0 Å². The summed E-state index contributed by atoms with van der Waals surface area (Å²) in [7, 11) is 0. The highest BCUT2D eigenvalue weighted by Gasteiger charge is 2.26. The Morgan fingerprint density at radius 3 is 2.23 bits per heavy atom. The average molecular weight is 372 g/mol. The first-order valence-electron chi connectivity index (χ1n) is 9.08. The van der Waals surface area contributed by atoms with Gasteiger partial charge in [-0.3, -0.25) is 9.69 Å². The fourth-order valence-electron chi connectivity index (χ4n) is 3.46. The number of carbonyl (C=O) groups excluding carboxylic acids is 1. The molecular formula is C21H26ClN3O. The number of hydrogen-bond acceptors (Lipinski definition) is 3. The van der Waals surface area contributed by atoms with Crippen LogP contribution in [-0.4, -0.2) is 43.0 Å². The van der Waals surface area contributed by atoms with Crippen molar-refractivity contribution in [1.29, 1.82) is 0 Å². The molecule has 0 radical (unpaired) electrons. The zero-order chi connectivity index (χ0) is 18.7. The lowest BCUT2D eigenvalue weighted by atomic mass is 10.1. The van der Waals surface area contributed by atoms with E-state index >= 15 is 0 Å². The third-order valence-electron chi connectivity index (χ3n) is 5.16. The Morgan fingerprint density at radius 2 is 1.62 bits per heavy atom. The van der Waals surface area contributed by atoms with Gasteiger partial charge in [0.15, 0.2) is 0 Å². The minimum absolute atomic E-state index is 0.0496. The van der Waals surface area contributed by atoms with Crippen LogP contribution >= 0.6 is 11.6 Å². The molecule has 1 aliphatic heterocycles. The summed E-state index contributed by atoms with van der Waals surface area (Å²) in [6, 6.07) is 13.8. The lowest BCUT2D eigenvalue weighted by Gasteiger charge is -2.38. The van der Waals surface area contributed by atoms with E-state index in [0.29, 0.717) is 0 Å². The molecule has 4 nitrogen and oxygen atoms in total. The lowest BCUT2D eigenvalue weighted by Crippen LogP contribution is -2.53. The Labute approximate surface area is 160 Å². The topological polar surface area (TPSA) is 35.6 Å². The first-order valence-corrected chi connectivity index (χ1v) is 9.46. The van der Waals surface area contributed by atoms with Crippen molar-refractivity contribution in [3.8, 4) is 0 Å². The van der Waals surface area contributed by atoms with E-state index in [2.05, 4.69) is 21.2 Å². The Hall–Kier alpha value is -2.04. The van der Waals surface area contributed by atoms with Crippen LogP contribution in [0.5, 0.6) is 0 Å². The molecule has 1 saturated heterocycles. The van der Waals surface area contributed by atoms with E-state index in [1.54, 1.807) is 0 Å². The number of nitrogens with zero attached hydrogens (tertiary/aromatic N) is 2. The molecule has 0 aliphatic carbocycles. The largest absolute Gasteiger partial charge is 0.368 e. The Kier molecular flexibility index (Phi) is 5.84. The van der Waals surface area contributed by atoms with E-state index in [4.69, 9.17) is 11.6 Å². The standard InChI is InChI=1S/C21H26ClN3O/c1-15-7-6-8-16(2)20(15)23-21(26)17(3)24-11-13-25(14-12-24)19-10-5-4-9-18(19)22/h4-10,17H,11-14H2,1-3H3,(H,23,26). The highest BCUT2D eigenvalue weighted by Crippen LogP contribution is 2.26. The summed E-state index contributed by atoms with van der Waals surface area (Å²) in [6.07, 6.45) is 0. The molecule has 0 aromatic heterocycles. The van der Waals surface area contributed by atoms with Crippen LogP contribution in [0.2, 0.25) is 5.02 Å². The number of anilines is 2. The second-order valence-corrected chi connectivity index (χ2v) is 7.31. The Balaban J connectivity index is 1.60. The van der Waals surface area contributed by atoms with Crippen molar-refractivity contribution in [2.75, 3.05) is 36.4 Å². The van der Waals surface area contributed by atoms with Crippen LogP contribution in [0.4, 0.5) is 11.4 Å². The number of halogens is 1. The third-order valence-corrected chi connectivity index (χ3v) is 5.48. The van der Waals surface area contributed by atoms with Gasteiger partial charge in [-0.2, -0.15) is 0 Å². The van der Waals surface area contributed by atoms with Gasteiger partial charge in [0.25, 0.3) is 0 Å². The summed E-state index contributed by atoms with van der Waals surface area (Å²) >= 11 is 6.31. The molecule has 0 bridgehead atoms. The number of benzene rings is 2. The molecule has 1 aliphatic rings. The summed E-state index contributed by atoms with van der Waals surface area (Å²) in [6.45, 7) is 9.44. The van der Waals surface area contributed by atoms with Gasteiger partial charge in [0.05, 0.1) is 16.8 Å². The number of para-hydroxylation sites is 2. The van der Waals surface area contributed by atoms with Crippen LogP contribution in [0.3, 0.4) is 0 Å². The average Bonchev–Trinajstić information content (AvgIpc) is 2.65. The first kappa shape index (κ1) is 18.7. The zero-order valence-corrected chi connectivity index (χ0v) is 16.4. The van der Waals surface area contributed by atoms with E-state index in [1.807, 2.05) is 57.2 Å². The van der Waals surface area contributed by atoms with Crippen LogP contribution in [-0.2, 0) is 4.79 Å². The van der Waals surface area contributed by atoms with E-state index in [1.165, 1.54) is 0 Å². The molecule has 0 saturated carbocycles. The Morgan fingerprint density at radius 1 is 1.00 bits per heavy atom. The molecule has 1 fully saturated rings. The van der Waals surface area contributed by atoms with Crippen molar-refractivity contribution in [3.05, 3.63) is 58.6 Å². The Bertz CT molecular complexity index is 764. The number of aryl methyl sites for hydroxylation is 2. The summed E-state index contributed by atoms with van der Waals surface area (Å²) < 4.78 is 0. The van der Waals surface area contributed by atoms with Crippen LogP contribution < -0.4 is 10.2 Å². The lowest BCUT2D eigenvalue weighted by molar-refractivity contribution is -0.120. The molecular weight excluding hydrogens is 346 g/mol. The third kappa shape index (κ3) is 4.02. The van der Waals surface area contributed by atoms with E-state index in [9.17, 15) is 4.79 Å². The maximum Gasteiger partial charge on any atom is 0.241 e. The van der Waals surface area contributed by atoms with Gasteiger partial charge in [0, 0.05) is 31.9 Å². The van der Waals surface area contributed by atoms with E-state index < -0.39 is 0 Å². The van der Waals surface area contributed by atoms with Gasteiger partial charge >= 0.3 is 0 Å². The van der Waals surface area contributed by atoms with E-state index in [0.717, 1.165) is 53.7 Å². The summed E-state index contributed by atoms with van der Waals surface area (Å²) in [5.74, 6) is 0.0496. The second kappa shape index (κ2) is 8.11. The highest BCUT2D eigenvalue weighted by molar-refractivity contribution is 6.33. The van der Waals surface area contributed by atoms with Gasteiger partial charge in [0.1, 0.15) is 0 Å². The number of carbonyl (C=O) groups is 1. The minimum Gasteiger partial charge on any atom is -0.368 e. The molecule has 1 amide bonds. The van der Waals surface area contributed by atoms with Crippen LogP contribution in [0.1, 0.15) is 18.1 Å². The van der Waals surface area contributed by atoms with Crippen LogP contribution in [0.25, 0.3) is 0 Å². The molecule has 1 atom stereocenters. The molecule has 1 N–H and O–H groups in total. The number of hydrogen-bond donors (Lipinski definition) is 1. The normalized spacial score (nSPS) is 16.4. The molecule has 2 aromatic carbocycles. The van der Waals surface area contributed by atoms with Crippen molar-refractivity contribution >= 4 is 28.9 Å². The minimum atomic E-state index is -0.164. The van der Waals surface area contributed by atoms with Gasteiger partial charge in [-0.25, -0.2) is 0 Å². The maximum atomic E-state index is 12.7. The van der Waals surface area contributed by atoms with Crippen molar-refractivity contribution in [1.82, 2.24) is 4.90 Å². The number of nitrogens with one attached hydrogen (secondary N) is 1. The van der Waals surface area contributed by atoms with E-state index in [-0.39, 0.29) is 11.9 Å². The van der Waals surface area contributed by atoms with Gasteiger partial charge in [0.2, 0.25) is 5.91 Å². The predicted octanol–water partition coefficient (Wildman–Crippen LogP) is 4.11. The monoisotopic (exact) mass is 371 g/mol. The molecule has 1 unspecified atom stereocenters. The quantitative estimate of drug-likeness (QED) is 0.878. The summed E-state index contributed by atoms with van der Waals surface area (Å²) in [4.78, 5) is 17.3. The van der Waals surface area contributed by atoms with Gasteiger partial charge in [-0.15, -0.1) is 0 Å². The molecule has 0 spiro atoms. The molecule has 5 heteroatoms. The van der Waals surface area contributed by atoms with Crippen molar-refractivity contribution in [3.63, 3.8) is 0 Å². The molecule has 2 aromatic rings. The SMILES string of the molecule is Cc1cccc(C)c1NC(=O)C(C)N1CCN(c2ccccc2Cl)CC1. The summed E-state index contributed by atoms with van der Waals surface area (Å²) in [5.41, 5.74) is 4.18. The van der Waals surface area contributed by atoms with Crippen molar-refractivity contribution in [2.24, 2.45) is 0 Å². The molecule has 26 heavy (non-hydrogen) atoms. The smallest absolute Gasteiger partial charge is 0.241 e. The molecule has 138 valence electrons. The summed E-state index contributed by atoms with van der Waals surface area (Å²) in [5, 5.41) is 3.89. The molecule has 1 heterocycles. The first-order chi connectivity index (χ1) is 12.5.